The molecule has 0 fully saturated rings. The molecule has 0 atom stereocenters. The summed E-state index contributed by atoms with van der Waals surface area (Å²) in [4.78, 5) is 10.9. The van der Waals surface area contributed by atoms with Crippen molar-refractivity contribution in [1.82, 2.24) is 10.6 Å². The quantitative estimate of drug-likeness (QED) is 0.457. The number of rotatable bonds is 6. The molecule has 0 spiro atoms. The molecule has 0 aliphatic carbocycles. The first-order valence-corrected chi connectivity index (χ1v) is 4.04. The third-order valence-electron chi connectivity index (χ3n) is 1.27. The Balaban J connectivity index is 3.21. The largest absolute Gasteiger partial charge is 0.338 e. The maximum Gasteiger partial charge on any atom is 0.314 e. The van der Waals surface area contributed by atoms with Crippen molar-refractivity contribution in [1.29, 1.82) is 0 Å². The molecule has 12 heavy (non-hydrogen) atoms. The number of urea groups is 1. The minimum absolute atomic E-state index is 0.126. The Kier molecular flexibility index (Phi) is 7.03. The van der Waals surface area contributed by atoms with Gasteiger partial charge in [-0.1, -0.05) is 12.2 Å². The van der Waals surface area contributed by atoms with Gasteiger partial charge in [-0.2, -0.15) is 0 Å². The van der Waals surface area contributed by atoms with Crippen LogP contribution in [0.15, 0.2) is 25.3 Å². The zero-order valence-corrected chi connectivity index (χ0v) is 7.31. The van der Waals surface area contributed by atoms with Gasteiger partial charge >= 0.3 is 6.03 Å². The average Bonchev–Trinajstić information content (AvgIpc) is 2.06. The summed E-state index contributed by atoms with van der Waals surface area (Å²) in [6.07, 6.45) is 5.14. The summed E-state index contributed by atoms with van der Waals surface area (Å²) in [6.45, 7) is 8.38. The molecule has 0 bridgehead atoms. The molecular weight excluding hydrogens is 152 g/mol. The topological polar surface area (TPSA) is 41.1 Å². The first-order chi connectivity index (χ1) is 5.81. The van der Waals surface area contributed by atoms with E-state index in [-0.39, 0.29) is 6.03 Å². The van der Waals surface area contributed by atoms with Crippen LogP contribution in [0.4, 0.5) is 4.79 Å². The molecule has 0 aliphatic heterocycles. The Morgan fingerprint density at radius 2 is 1.50 bits per heavy atom. The molecule has 0 unspecified atom stereocenters. The van der Waals surface area contributed by atoms with E-state index in [0.717, 1.165) is 12.8 Å². The second-order valence-electron chi connectivity index (χ2n) is 2.34. The fourth-order valence-electron chi connectivity index (χ4n) is 0.638. The summed E-state index contributed by atoms with van der Waals surface area (Å²) in [5, 5.41) is 5.37. The third-order valence-corrected chi connectivity index (χ3v) is 1.27. The van der Waals surface area contributed by atoms with Gasteiger partial charge in [0, 0.05) is 13.1 Å². The van der Waals surface area contributed by atoms with Gasteiger partial charge in [0.2, 0.25) is 0 Å². The standard InChI is InChI=1S/C9H16N2O/c1-3-5-7-10-9(12)11-8-6-4-2/h3-4H,1-2,5-8H2,(H2,10,11,12). The molecule has 0 saturated carbocycles. The van der Waals surface area contributed by atoms with Crippen LogP contribution in [0.5, 0.6) is 0 Å². The Morgan fingerprint density at radius 1 is 1.08 bits per heavy atom. The van der Waals surface area contributed by atoms with Gasteiger partial charge in [0.05, 0.1) is 0 Å². The van der Waals surface area contributed by atoms with Crippen molar-refractivity contribution in [2.75, 3.05) is 13.1 Å². The van der Waals surface area contributed by atoms with Crippen molar-refractivity contribution in [2.24, 2.45) is 0 Å². The molecule has 2 amide bonds. The van der Waals surface area contributed by atoms with E-state index in [9.17, 15) is 4.79 Å². The number of nitrogens with one attached hydrogen (secondary N) is 2. The molecule has 0 radical (unpaired) electrons. The monoisotopic (exact) mass is 168 g/mol. The Morgan fingerprint density at radius 3 is 1.83 bits per heavy atom. The van der Waals surface area contributed by atoms with Crippen molar-refractivity contribution >= 4 is 6.03 Å². The molecule has 0 saturated heterocycles. The van der Waals surface area contributed by atoms with Crippen LogP contribution in [0.2, 0.25) is 0 Å². The van der Waals surface area contributed by atoms with Crippen LogP contribution in [0, 0.1) is 0 Å². The Labute approximate surface area is 73.5 Å². The van der Waals surface area contributed by atoms with Crippen LogP contribution in [0.1, 0.15) is 12.8 Å². The van der Waals surface area contributed by atoms with E-state index in [0.29, 0.717) is 13.1 Å². The van der Waals surface area contributed by atoms with Crippen LogP contribution in [-0.4, -0.2) is 19.1 Å². The van der Waals surface area contributed by atoms with Gasteiger partial charge in [-0.25, -0.2) is 4.79 Å². The van der Waals surface area contributed by atoms with Gasteiger partial charge in [0.1, 0.15) is 0 Å². The molecule has 3 nitrogen and oxygen atoms in total. The summed E-state index contributed by atoms with van der Waals surface area (Å²) < 4.78 is 0. The van der Waals surface area contributed by atoms with Crippen molar-refractivity contribution in [2.45, 2.75) is 12.8 Å². The fourth-order valence-corrected chi connectivity index (χ4v) is 0.638. The lowest BCUT2D eigenvalue weighted by Crippen LogP contribution is -2.36. The summed E-state index contributed by atoms with van der Waals surface area (Å²) in [5.74, 6) is 0. The van der Waals surface area contributed by atoms with E-state index in [1.807, 2.05) is 0 Å². The summed E-state index contributed by atoms with van der Waals surface area (Å²) >= 11 is 0. The number of amides is 2. The minimum Gasteiger partial charge on any atom is -0.338 e. The molecule has 2 N–H and O–H groups in total. The van der Waals surface area contributed by atoms with E-state index < -0.39 is 0 Å². The molecule has 0 aromatic heterocycles. The van der Waals surface area contributed by atoms with Crippen molar-refractivity contribution in [3.05, 3.63) is 25.3 Å². The molecule has 0 aromatic carbocycles. The SMILES string of the molecule is C=CCCNC(=O)NCCC=C. The molecule has 0 aliphatic rings. The highest BCUT2D eigenvalue weighted by Gasteiger charge is 1.94. The average molecular weight is 168 g/mol. The van der Waals surface area contributed by atoms with Gasteiger partial charge < -0.3 is 10.6 Å². The second-order valence-corrected chi connectivity index (χ2v) is 2.34. The number of hydrogen-bond donors (Lipinski definition) is 2. The fraction of sp³-hybridized carbons (Fsp3) is 0.444. The Bertz CT molecular complexity index is 139. The van der Waals surface area contributed by atoms with Gasteiger partial charge in [-0.3, -0.25) is 0 Å². The summed E-state index contributed by atoms with van der Waals surface area (Å²) in [7, 11) is 0. The van der Waals surface area contributed by atoms with Crippen LogP contribution in [0.25, 0.3) is 0 Å². The number of carbonyl (C=O) groups is 1. The Hall–Kier alpha value is -1.25. The normalized spacial score (nSPS) is 8.67. The first kappa shape index (κ1) is 10.8. The molecule has 68 valence electrons. The highest BCUT2D eigenvalue weighted by Crippen LogP contribution is 1.77. The lowest BCUT2D eigenvalue weighted by molar-refractivity contribution is 0.241. The molecule has 0 rings (SSSR count). The van der Waals surface area contributed by atoms with E-state index in [1.165, 1.54) is 0 Å². The van der Waals surface area contributed by atoms with E-state index in [2.05, 4.69) is 23.8 Å². The van der Waals surface area contributed by atoms with E-state index >= 15 is 0 Å². The van der Waals surface area contributed by atoms with Crippen molar-refractivity contribution in [3.8, 4) is 0 Å². The van der Waals surface area contributed by atoms with E-state index in [1.54, 1.807) is 12.2 Å². The summed E-state index contributed by atoms with van der Waals surface area (Å²) in [6, 6.07) is -0.126. The number of hydrogen-bond acceptors (Lipinski definition) is 1. The summed E-state index contributed by atoms with van der Waals surface area (Å²) in [5.41, 5.74) is 0. The van der Waals surface area contributed by atoms with Crippen LogP contribution in [0.3, 0.4) is 0 Å². The van der Waals surface area contributed by atoms with Crippen LogP contribution < -0.4 is 10.6 Å². The van der Waals surface area contributed by atoms with Gasteiger partial charge in [-0.15, -0.1) is 13.2 Å². The second kappa shape index (κ2) is 7.85. The molecule has 0 heterocycles. The van der Waals surface area contributed by atoms with Crippen LogP contribution >= 0.6 is 0 Å². The lowest BCUT2D eigenvalue weighted by atomic mass is 10.4. The van der Waals surface area contributed by atoms with Gasteiger partial charge in [-0.05, 0) is 12.8 Å². The smallest absolute Gasteiger partial charge is 0.314 e. The lowest BCUT2D eigenvalue weighted by Gasteiger charge is -2.04. The van der Waals surface area contributed by atoms with Gasteiger partial charge in [0.15, 0.2) is 0 Å². The highest BCUT2D eigenvalue weighted by molar-refractivity contribution is 5.73. The predicted molar refractivity (Wildman–Crippen MR) is 51.0 cm³/mol. The molecule has 3 heteroatoms. The van der Waals surface area contributed by atoms with E-state index in [4.69, 9.17) is 0 Å². The zero-order chi connectivity index (χ0) is 9.23. The van der Waals surface area contributed by atoms with Crippen molar-refractivity contribution < 1.29 is 4.79 Å². The molecular formula is C9H16N2O. The zero-order valence-electron chi connectivity index (χ0n) is 7.31. The maximum atomic E-state index is 10.9. The highest BCUT2D eigenvalue weighted by atomic mass is 16.2. The van der Waals surface area contributed by atoms with Crippen molar-refractivity contribution in [3.63, 3.8) is 0 Å². The molecule has 0 aromatic rings. The van der Waals surface area contributed by atoms with Gasteiger partial charge in [0.25, 0.3) is 0 Å². The third kappa shape index (κ3) is 6.86. The van der Waals surface area contributed by atoms with Crippen LogP contribution in [-0.2, 0) is 0 Å². The number of carbonyl (C=O) groups excluding carboxylic acids is 1. The predicted octanol–water partition coefficient (Wildman–Crippen LogP) is 1.44. The maximum absolute atomic E-state index is 10.9. The first-order valence-electron chi connectivity index (χ1n) is 4.04. The minimum atomic E-state index is -0.126.